The minimum atomic E-state index is -4.04. The zero-order valence-corrected chi connectivity index (χ0v) is 13.0. The predicted molar refractivity (Wildman–Crippen MR) is 81.9 cm³/mol. The number of morpholine rings is 1. The Morgan fingerprint density at radius 1 is 1.35 bits per heavy atom. The van der Waals surface area contributed by atoms with Gasteiger partial charge in [-0.25, -0.2) is 5.14 Å². The number of nitrogens with zero attached hydrogens (tertiary/aromatic N) is 1. The van der Waals surface area contributed by atoms with Gasteiger partial charge < -0.3 is 15.0 Å². The van der Waals surface area contributed by atoms with E-state index in [2.05, 4.69) is 14.6 Å². The highest BCUT2D eigenvalue weighted by Crippen LogP contribution is 2.19. The quantitative estimate of drug-likeness (QED) is 0.723. The number of hydrogen-bond acceptors (Lipinski definition) is 6. The third-order valence-electron chi connectivity index (χ3n) is 3.03. The number of carbonyl (C=O) groups is 2. The second-order valence-corrected chi connectivity index (χ2v) is 5.98. The Morgan fingerprint density at radius 2 is 2.04 bits per heavy atom. The van der Waals surface area contributed by atoms with Gasteiger partial charge in [-0.1, -0.05) is 0 Å². The summed E-state index contributed by atoms with van der Waals surface area (Å²) in [6, 6.07) is 6.71. The van der Waals surface area contributed by atoms with Gasteiger partial charge in [0.15, 0.2) is 0 Å². The Labute approximate surface area is 133 Å². The zero-order chi connectivity index (χ0) is 16.9. The molecule has 1 heterocycles. The molecule has 1 aromatic rings. The molecule has 126 valence electrons. The molecule has 1 aromatic carbocycles. The first-order valence-corrected chi connectivity index (χ1v) is 8.27. The molecule has 0 unspecified atom stereocenters. The molecule has 10 heteroatoms. The van der Waals surface area contributed by atoms with Crippen LogP contribution in [-0.2, 0) is 28.8 Å². The van der Waals surface area contributed by atoms with Crippen molar-refractivity contribution >= 4 is 33.5 Å². The fourth-order valence-corrected chi connectivity index (χ4v) is 2.31. The lowest BCUT2D eigenvalue weighted by atomic mass is 10.2. The second-order valence-electron chi connectivity index (χ2n) is 4.76. The molecule has 0 atom stereocenters. The van der Waals surface area contributed by atoms with E-state index >= 15 is 0 Å². The van der Waals surface area contributed by atoms with Crippen LogP contribution in [0.1, 0.15) is 6.42 Å². The van der Waals surface area contributed by atoms with E-state index in [0.29, 0.717) is 24.5 Å². The van der Waals surface area contributed by atoms with E-state index in [1.165, 1.54) is 0 Å². The predicted octanol–water partition coefficient (Wildman–Crippen LogP) is -0.402. The standard InChI is InChI=1S/C13H17N3O6S/c14-23(19,20)22-7-5-12(17)15-10-1-3-11(4-2-10)16-6-8-21-9-13(16)18/h1-4H,5-9H2,(H,15,17)(H2,14,19,20). The van der Waals surface area contributed by atoms with E-state index in [0.717, 1.165) is 0 Å². The summed E-state index contributed by atoms with van der Waals surface area (Å²) in [5, 5.41) is 7.24. The maximum absolute atomic E-state index is 11.7. The van der Waals surface area contributed by atoms with Crippen LogP contribution in [0.4, 0.5) is 11.4 Å². The smallest absolute Gasteiger partial charge is 0.333 e. The van der Waals surface area contributed by atoms with Crippen molar-refractivity contribution in [2.45, 2.75) is 6.42 Å². The van der Waals surface area contributed by atoms with Crippen LogP contribution in [0, 0.1) is 0 Å². The zero-order valence-electron chi connectivity index (χ0n) is 12.2. The van der Waals surface area contributed by atoms with Crippen molar-refractivity contribution in [2.75, 3.05) is 36.6 Å². The van der Waals surface area contributed by atoms with Crippen LogP contribution in [0.5, 0.6) is 0 Å². The first-order valence-electron chi connectivity index (χ1n) is 6.80. The fraction of sp³-hybridized carbons (Fsp3) is 0.385. The van der Waals surface area contributed by atoms with Gasteiger partial charge in [-0.2, -0.15) is 8.42 Å². The van der Waals surface area contributed by atoms with Crippen LogP contribution < -0.4 is 15.4 Å². The van der Waals surface area contributed by atoms with Crippen LogP contribution in [0.15, 0.2) is 24.3 Å². The summed E-state index contributed by atoms with van der Waals surface area (Å²) >= 11 is 0. The van der Waals surface area contributed by atoms with Gasteiger partial charge in [0.2, 0.25) is 5.91 Å². The lowest BCUT2D eigenvalue weighted by molar-refractivity contribution is -0.125. The van der Waals surface area contributed by atoms with Gasteiger partial charge in [-0.15, -0.1) is 0 Å². The molecule has 2 amide bonds. The summed E-state index contributed by atoms with van der Waals surface area (Å²) in [7, 11) is -4.04. The lowest BCUT2D eigenvalue weighted by Crippen LogP contribution is -2.41. The van der Waals surface area contributed by atoms with Crippen LogP contribution in [0.2, 0.25) is 0 Å². The van der Waals surface area contributed by atoms with E-state index in [-0.39, 0.29) is 25.5 Å². The molecule has 2 rings (SSSR count). The average molecular weight is 343 g/mol. The summed E-state index contributed by atoms with van der Waals surface area (Å²) in [4.78, 5) is 25.0. The van der Waals surface area contributed by atoms with E-state index < -0.39 is 16.2 Å². The number of amides is 2. The molecule has 1 fully saturated rings. The number of carbonyl (C=O) groups excluding carboxylic acids is 2. The second kappa shape index (κ2) is 7.51. The van der Waals surface area contributed by atoms with Gasteiger partial charge in [0.25, 0.3) is 5.91 Å². The molecular formula is C13H17N3O6S. The van der Waals surface area contributed by atoms with E-state index in [1.54, 1.807) is 29.2 Å². The number of ether oxygens (including phenoxy) is 1. The van der Waals surface area contributed by atoms with Crippen LogP contribution in [0.3, 0.4) is 0 Å². The summed E-state index contributed by atoms with van der Waals surface area (Å²) in [6.45, 7) is 0.692. The van der Waals surface area contributed by atoms with Gasteiger partial charge in [0, 0.05) is 17.9 Å². The van der Waals surface area contributed by atoms with Gasteiger partial charge >= 0.3 is 10.3 Å². The normalized spacial score (nSPS) is 15.5. The molecule has 3 N–H and O–H groups in total. The Bertz CT molecular complexity index is 673. The largest absolute Gasteiger partial charge is 0.370 e. The minimum Gasteiger partial charge on any atom is -0.370 e. The van der Waals surface area contributed by atoms with Crippen molar-refractivity contribution < 1.29 is 26.9 Å². The molecule has 0 aliphatic carbocycles. The molecule has 0 radical (unpaired) electrons. The molecule has 1 aliphatic heterocycles. The third-order valence-corrected chi connectivity index (χ3v) is 3.52. The maximum atomic E-state index is 11.7. The van der Waals surface area contributed by atoms with Gasteiger partial charge in [-0.3, -0.25) is 13.8 Å². The number of nitrogens with two attached hydrogens (primary N) is 1. The molecule has 0 saturated carbocycles. The highest BCUT2D eigenvalue weighted by molar-refractivity contribution is 7.84. The highest BCUT2D eigenvalue weighted by Gasteiger charge is 2.19. The van der Waals surface area contributed by atoms with Gasteiger partial charge in [-0.05, 0) is 24.3 Å². The van der Waals surface area contributed by atoms with Crippen molar-refractivity contribution in [2.24, 2.45) is 5.14 Å². The topological polar surface area (TPSA) is 128 Å². The highest BCUT2D eigenvalue weighted by atomic mass is 32.2. The minimum absolute atomic E-state index is 0.0581. The molecule has 9 nitrogen and oxygen atoms in total. The first-order chi connectivity index (χ1) is 10.8. The van der Waals surface area contributed by atoms with E-state index in [4.69, 9.17) is 4.74 Å². The van der Waals surface area contributed by atoms with Crippen LogP contribution in [0.25, 0.3) is 0 Å². The number of hydrogen-bond donors (Lipinski definition) is 2. The SMILES string of the molecule is NS(=O)(=O)OCCC(=O)Nc1ccc(N2CCOCC2=O)cc1. The molecule has 0 bridgehead atoms. The number of rotatable bonds is 6. The van der Waals surface area contributed by atoms with Crippen LogP contribution in [-0.4, -0.2) is 46.6 Å². The Kier molecular flexibility index (Phi) is 5.66. The third kappa shape index (κ3) is 5.60. The maximum Gasteiger partial charge on any atom is 0.333 e. The Balaban J connectivity index is 1.87. The Hall–Kier alpha value is -2.01. The van der Waals surface area contributed by atoms with Gasteiger partial charge in [0.05, 0.1) is 19.6 Å². The molecule has 0 spiro atoms. The molecule has 1 saturated heterocycles. The van der Waals surface area contributed by atoms with Crippen molar-refractivity contribution in [3.8, 4) is 0 Å². The number of benzene rings is 1. The Morgan fingerprint density at radius 3 is 2.65 bits per heavy atom. The van der Waals surface area contributed by atoms with Crippen molar-refractivity contribution in [3.63, 3.8) is 0 Å². The molecule has 1 aliphatic rings. The first kappa shape index (κ1) is 17.3. The van der Waals surface area contributed by atoms with E-state index in [1.807, 2.05) is 0 Å². The molecule has 23 heavy (non-hydrogen) atoms. The summed E-state index contributed by atoms with van der Waals surface area (Å²) in [5.41, 5.74) is 1.24. The summed E-state index contributed by atoms with van der Waals surface area (Å²) < 4.78 is 30.5. The fourth-order valence-electron chi connectivity index (χ4n) is 1.99. The van der Waals surface area contributed by atoms with Gasteiger partial charge in [0.1, 0.15) is 6.61 Å². The summed E-state index contributed by atoms with van der Waals surface area (Å²) in [6.07, 6.45) is -0.153. The molecule has 0 aromatic heterocycles. The van der Waals surface area contributed by atoms with Crippen molar-refractivity contribution in [1.82, 2.24) is 0 Å². The van der Waals surface area contributed by atoms with Crippen molar-refractivity contribution in [1.29, 1.82) is 0 Å². The average Bonchev–Trinajstić information content (AvgIpc) is 2.47. The number of nitrogens with one attached hydrogen (secondary N) is 1. The number of anilines is 2. The lowest BCUT2D eigenvalue weighted by Gasteiger charge is -2.26. The van der Waals surface area contributed by atoms with Crippen LogP contribution >= 0.6 is 0 Å². The van der Waals surface area contributed by atoms with E-state index in [9.17, 15) is 18.0 Å². The monoisotopic (exact) mass is 343 g/mol. The van der Waals surface area contributed by atoms with Crippen molar-refractivity contribution in [3.05, 3.63) is 24.3 Å². The summed E-state index contributed by atoms with van der Waals surface area (Å²) in [5.74, 6) is -0.531. The molecular weight excluding hydrogens is 326 g/mol.